The van der Waals surface area contributed by atoms with Gasteiger partial charge in [-0.25, -0.2) is 4.79 Å². The third kappa shape index (κ3) is 3.50. The van der Waals surface area contributed by atoms with Crippen molar-refractivity contribution >= 4 is 11.7 Å². The van der Waals surface area contributed by atoms with E-state index in [9.17, 15) is 9.59 Å². The van der Waals surface area contributed by atoms with Crippen molar-refractivity contribution in [2.45, 2.75) is 40.2 Å². The van der Waals surface area contributed by atoms with Crippen LogP contribution in [0.2, 0.25) is 0 Å². The maximum Gasteiger partial charge on any atom is 0.319 e. The normalized spacial score (nSPS) is 10.7. The molecule has 7 heteroatoms. The van der Waals surface area contributed by atoms with Crippen LogP contribution in [0.1, 0.15) is 36.4 Å². The first-order valence-corrected chi connectivity index (χ1v) is 8.13. The van der Waals surface area contributed by atoms with Gasteiger partial charge in [0.15, 0.2) is 0 Å². The number of hydrogen-bond donors (Lipinski definition) is 2. The fraction of sp³-hybridized carbons (Fsp3) is 0.471. The lowest BCUT2D eigenvalue weighted by molar-refractivity contribution is 0.251. The minimum atomic E-state index is -0.394. The molecule has 2 aromatic heterocycles. The smallest absolute Gasteiger partial charge is 0.319 e. The molecule has 130 valence electrons. The molecular weight excluding hydrogens is 306 g/mol. The molecule has 2 aromatic rings. The molecule has 0 atom stereocenters. The van der Waals surface area contributed by atoms with Gasteiger partial charge in [0.05, 0.1) is 5.69 Å². The van der Waals surface area contributed by atoms with Gasteiger partial charge in [-0.1, -0.05) is 13.8 Å². The number of hydrogen-bond acceptors (Lipinski definition) is 3. The van der Waals surface area contributed by atoms with Crippen molar-refractivity contribution in [3.63, 3.8) is 0 Å². The number of amides is 2. The van der Waals surface area contributed by atoms with E-state index in [1.807, 2.05) is 18.7 Å². The lowest BCUT2D eigenvalue weighted by Gasteiger charge is -2.11. The zero-order valence-electron chi connectivity index (χ0n) is 14.9. The highest BCUT2D eigenvalue weighted by Gasteiger charge is 2.15. The van der Waals surface area contributed by atoms with Gasteiger partial charge in [-0.15, -0.1) is 0 Å². The molecule has 0 unspecified atom stereocenters. The van der Waals surface area contributed by atoms with E-state index in [1.54, 1.807) is 26.2 Å². The molecule has 0 spiro atoms. The van der Waals surface area contributed by atoms with Crippen LogP contribution in [0.25, 0.3) is 0 Å². The van der Waals surface area contributed by atoms with Gasteiger partial charge in [-0.2, -0.15) is 5.10 Å². The zero-order valence-corrected chi connectivity index (χ0v) is 14.9. The van der Waals surface area contributed by atoms with E-state index in [0.717, 1.165) is 35.4 Å². The average Bonchev–Trinajstić information content (AvgIpc) is 2.88. The van der Waals surface area contributed by atoms with Crippen LogP contribution in [0.3, 0.4) is 0 Å². The van der Waals surface area contributed by atoms with E-state index < -0.39 is 6.03 Å². The predicted octanol–water partition coefficient (Wildman–Crippen LogP) is 1.87. The Morgan fingerprint density at radius 2 is 1.96 bits per heavy atom. The molecule has 2 rings (SSSR count). The Morgan fingerprint density at radius 1 is 1.25 bits per heavy atom. The topological polar surface area (TPSA) is 81.0 Å². The van der Waals surface area contributed by atoms with E-state index in [2.05, 4.69) is 22.7 Å². The largest absolute Gasteiger partial charge is 0.334 e. The molecule has 24 heavy (non-hydrogen) atoms. The maximum atomic E-state index is 12.2. The van der Waals surface area contributed by atoms with E-state index in [0.29, 0.717) is 12.2 Å². The predicted molar refractivity (Wildman–Crippen MR) is 94.2 cm³/mol. The van der Waals surface area contributed by atoms with Crippen molar-refractivity contribution < 1.29 is 4.79 Å². The van der Waals surface area contributed by atoms with E-state index in [4.69, 9.17) is 0 Å². The summed E-state index contributed by atoms with van der Waals surface area (Å²) in [6.07, 6.45) is 3.34. The number of aryl methyl sites for hydroxylation is 4. The lowest BCUT2D eigenvalue weighted by atomic mass is 10.1. The van der Waals surface area contributed by atoms with Gasteiger partial charge in [0.25, 0.3) is 5.56 Å². The highest BCUT2D eigenvalue weighted by atomic mass is 16.2. The number of carbonyl (C=O) groups excluding carboxylic acids is 1. The summed E-state index contributed by atoms with van der Waals surface area (Å²) in [6, 6.07) is 1.40. The van der Waals surface area contributed by atoms with Crippen LogP contribution < -0.4 is 16.2 Å². The number of aromatic nitrogens is 3. The Kier molecular flexibility index (Phi) is 5.43. The number of pyridine rings is 1. The number of anilines is 1. The molecule has 0 aliphatic carbocycles. The SMILES string of the molecule is CCc1nn(C)c(CC)c1CNC(=O)Nc1c(C)ccn(C)c1=O. The molecule has 2 N–H and O–H groups in total. The molecule has 2 amide bonds. The van der Waals surface area contributed by atoms with Crippen molar-refractivity contribution in [3.8, 4) is 0 Å². The molecule has 0 fully saturated rings. The van der Waals surface area contributed by atoms with Crippen LogP contribution in [0.4, 0.5) is 10.5 Å². The summed E-state index contributed by atoms with van der Waals surface area (Å²) in [4.78, 5) is 24.3. The van der Waals surface area contributed by atoms with Gasteiger partial charge in [-0.05, 0) is 31.4 Å². The van der Waals surface area contributed by atoms with Crippen LogP contribution in [0.5, 0.6) is 0 Å². The van der Waals surface area contributed by atoms with Crippen molar-refractivity contribution in [1.29, 1.82) is 0 Å². The van der Waals surface area contributed by atoms with Gasteiger partial charge in [-0.3, -0.25) is 9.48 Å². The standard InChI is InChI=1S/C17H25N5O2/c1-6-13-12(14(7-2)22(5)20-13)10-18-17(24)19-15-11(3)8-9-21(4)16(15)23/h8-9H,6-7,10H2,1-5H3,(H2,18,19,24). The van der Waals surface area contributed by atoms with Gasteiger partial charge < -0.3 is 15.2 Å². The third-order valence-corrected chi connectivity index (χ3v) is 4.17. The molecule has 0 aliphatic rings. The molecule has 0 saturated carbocycles. The van der Waals surface area contributed by atoms with Crippen LogP contribution >= 0.6 is 0 Å². The molecule has 0 saturated heterocycles. The van der Waals surface area contributed by atoms with Gasteiger partial charge in [0.2, 0.25) is 0 Å². The molecule has 0 aliphatic heterocycles. The van der Waals surface area contributed by atoms with Gasteiger partial charge in [0, 0.05) is 38.1 Å². The Balaban J connectivity index is 2.13. The summed E-state index contributed by atoms with van der Waals surface area (Å²) in [5.74, 6) is 0. The van der Waals surface area contributed by atoms with Crippen LogP contribution in [-0.2, 0) is 33.5 Å². The number of nitrogens with one attached hydrogen (secondary N) is 2. The van der Waals surface area contributed by atoms with Crippen LogP contribution in [0.15, 0.2) is 17.1 Å². The van der Waals surface area contributed by atoms with Crippen LogP contribution in [0, 0.1) is 6.92 Å². The lowest BCUT2D eigenvalue weighted by Crippen LogP contribution is -2.32. The number of carbonyl (C=O) groups is 1. The fourth-order valence-corrected chi connectivity index (χ4v) is 2.79. The Bertz CT molecular complexity index is 804. The monoisotopic (exact) mass is 331 g/mol. The first kappa shape index (κ1) is 17.8. The molecule has 0 bridgehead atoms. The van der Waals surface area contributed by atoms with Gasteiger partial charge >= 0.3 is 6.03 Å². The van der Waals surface area contributed by atoms with Crippen molar-refractivity contribution in [2.75, 3.05) is 5.32 Å². The van der Waals surface area contributed by atoms with Gasteiger partial charge in [0.1, 0.15) is 5.69 Å². The molecular formula is C17H25N5O2. The van der Waals surface area contributed by atoms with Crippen molar-refractivity contribution in [2.24, 2.45) is 14.1 Å². The zero-order chi connectivity index (χ0) is 17.9. The second-order valence-electron chi connectivity index (χ2n) is 5.80. The Morgan fingerprint density at radius 3 is 2.58 bits per heavy atom. The first-order valence-electron chi connectivity index (χ1n) is 8.13. The highest BCUT2D eigenvalue weighted by molar-refractivity contribution is 5.89. The highest BCUT2D eigenvalue weighted by Crippen LogP contribution is 2.15. The fourth-order valence-electron chi connectivity index (χ4n) is 2.79. The molecule has 0 radical (unpaired) electrons. The van der Waals surface area contributed by atoms with Crippen LogP contribution in [-0.4, -0.2) is 20.4 Å². The minimum absolute atomic E-state index is 0.227. The number of rotatable bonds is 5. The summed E-state index contributed by atoms with van der Waals surface area (Å²) in [7, 11) is 3.57. The Labute approximate surface area is 141 Å². The van der Waals surface area contributed by atoms with E-state index >= 15 is 0 Å². The summed E-state index contributed by atoms with van der Waals surface area (Å²) >= 11 is 0. The summed E-state index contributed by atoms with van der Waals surface area (Å²) in [5.41, 5.74) is 3.96. The second-order valence-corrected chi connectivity index (χ2v) is 5.80. The summed E-state index contributed by atoms with van der Waals surface area (Å²) in [5, 5.41) is 9.99. The number of nitrogens with zero attached hydrogens (tertiary/aromatic N) is 3. The maximum absolute atomic E-state index is 12.2. The summed E-state index contributed by atoms with van der Waals surface area (Å²) in [6.45, 7) is 6.29. The molecule has 2 heterocycles. The van der Waals surface area contributed by atoms with Crippen molar-refractivity contribution in [3.05, 3.63) is 45.1 Å². The first-order chi connectivity index (χ1) is 11.4. The Hall–Kier alpha value is -2.57. The van der Waals surface area contributed by atoms with E-state index in [-0.39, 0.29) is 5.56 Å². The minimum Gasteiger partial charge on any atom is -0.334 e. The molecule has 0 aromatic carbocycles. The average molecular weight is 331 g/mol. The number of urea groups is 1. The quantitative estimate of drug-likeness (QED) is 0.878. The third-order valence-electron chi connectivity index (χ3n) is 4.17. The second kappa shape index (κ2) is 7.33. The van der Waals surface area contributed by atoms with E-state index in [1.165, 1.54) is 4.57 Å². The van der Waals surface area contributed by atoms with Crippen molar-refractivity contribution in [1.82, 2.24) is 19.7 Å². The molecule has 7 nitrogen and oxygen atoms in total. The summed E-state index contributed by atoms with van der Waals surface area (Å²) < 4.78 is 3.30.